The van der Waals surface area contributed by atoms with E-state index in [1.54, 1.807) is 0 Å². The monoisotopic (exact) mass is 487 g/mol. The van der Waals surface area contributed by atoms with Crippen molar-refractivity contribution in [1.82, 2.24) is 25.8 Å². The normalized spacial score (nSPS) is 26.8. The van der Waals surface area contributed by atoms with Crippen LogP contribution < -0.4 is 16.0 Å². The molecule has 0 radical (unpaired) electrons. The van der Waals surface area contributed by atoms with Crippen molar-refractivity contribution in [3.05, 3.63) is 0 Å². The number of piperazine rings is 1. The number of carbonyl (C=O) groups excluding carboxylic acids is 1. The highest BCUT2D eigenvalue weighted by molar-refractivity contribution is 5.67. The summed E-state index contributed by atoms with van der Waals surface area (Å²) in [6, 6.07) is -0.141. The van der Waals surface area contributed by atoms with Crippen LogP contribution in [-0.2, 0) is 14.4 Å². The summed E-state index contributed by atoms with van der Waals surface area (Å²) in [4.78, 5) is 22.3. The van der Waals surface area contributed by atoms with Gasteiger partial charge in [0.2, 0.25) is 0 Å². The van der Waals surface area contributed by atoms with Gasteiger partial charge in [0.05, 0.1) is 13.2 Å². The Morgan fingerprint density at radius 3 is 2.56 bits per heavy atom. The average molecular weight is 488 g/mol. The number of amides is 1. The molecule has 0 aromatic heterocycles. The molecule has 0 aromatic carbocycles. The first-order valence-electron chi connectivity index (χ1n) is 12.8. The highest BCUT2D eigenvalue weighted by atomic mass is 17.1. The molecule has 3 atom stereocenters. The summed E-state index contributed by atoms with van der Waals surface area (Å²) in [5.74, 6) is 0.495. The van der Waals surface area contributed by atoms with E-state index in [4.69, 9.17) is 14.4 Å². The fourth-order valence-electron chi connectivity index (χ4n) is 5.30. The highest BCUT2D eigenvalue weighted by Crippen LogP contribution is 2.42. The molecule has 1 heterocycles. The molecule has 10 nitrogen and oxygen atoms in total. The fourth-order valence-corrected chi connectivity index (χ4v) is 5.30. The van der Waals surface area contributed by atoms with Crippen LogP contribution in [0.1, 0.15) is 40.0 Å². The van der Waals surface area contributed by atoms with E-state index in [9.17, 15) is 10.1 Å². The second-order valence-corrected chi connectivity index (χ2v) is 11.1. The average Bonchev–Trinajstić information content (AvgIpc) is 2.76. The predicted molar refractivity (Wildman–Crippen MR) is 133 cm³/mol. The van der Waals surface area contributed by atoms with Crippen LogP contribution in [0.4, 0.5) is 4.79 Å². The standard InChI is InChI=1S/C24H49N5O5/c1-20(17-29-9-7-28(5)8-10-29)16-26-19-24(34-31)15-21(14-23(2,3)18-24)27-22(30)33-13-12-32-11-6-25-4/h20-21,25-26,31H,6-19H2,1-5H3,(H,27,30). The van der Waals surface area contributed by atoms with Gasteiger partial charge >= 0.3 is 6.09 Å². The number of rotatable bonds is 14. The number of carbonyl (C=O) groups is 1. The van der Waals surface area contributed by atoms with Gasteiger partial charge in [0.25, 0.3) is 0 Å². The van der Waals surface area contributed by atoms with Crippen molar-refractivity contribution in [1.29, 1.82) is 0 Å². The molecule has 1 aliphatic heterocycles. The van der Waals surface area contributed by atoms with E-state index < -0.39 is 11.7 Å². The predicted octanol–water partition coefficient (Wildman–Crippen LogP) is 1.23. The van der Waals surface area contributed by atoms with Gasteiger partial charge in [-0.05, 0) is 44.8 Å². The van der Waals surface area contributed by atoms with Crippen molar-refractivity contribution in [2.75, 3.05) is 86.3 Å². The van der Waals surface area contributed by atoms with Gasteiger partial charge in [-0.3, -0.25) is 5.26 Å². The summed E-state index contributed by atoms with van der Waals surface area (Å²) in [5.41, 5.74) is -0.841. The molecule has 1 amide bonds. The third-order valence-electron chi connectivity index (χ3n) is 6.80. The molecule has 2 aliphatic rings. The van der Waals surface area contributed by atoms with Gasteiger partial charge in [0, 0.05) is 58.3 Å². The Morgan fingerprint density at radius 1 is 1.15 bits per heavy atom. The van der Waals surface area contributed by atoms with Gasteiger partial charge in [-0.15, -0.1) is 0 Å². The molecule has 3 unspecified atom stereocenters. The Labute approximate surface area is 206 Å². The van der Waals surface area contributed by atoms with E-state index in [1.807, 2.05) is 7.05 Å². The first-order chi connectivity index (χ1) is 16.2. The van der Waals surface area contributed by atoms with Crippen molar-refractivity contribution in [2.45, 2.75) is 51.7 Å². The first kappa shape index (κ1) is 29.2. The Hall–Kier alpha value is -1.01. The van der Waals surface area contributed by atoms with E-state index in [2.05, 4.69) is 53.6 Å². The van der Waals surface area contributed by atoms with Crippen molar-refractivity contribution in [2.24, 2.45) is 11.3 Å². The summed E-state index contributed by atoms with van der Waals surface area (Å²) >= 11 is 0. The fraction of sp³-hybridized carbons (Fsp3) is 0.958. The third kappa shape index (κ3) is 10.7. The minimum Gasteiger partial charge on any atom is -0.447 e. The Morgan fingerprint density at radius 2 is 1.88 bits per heavy atom. The van der Waals surface area contributed by atoms with Gasteiger partial charge in [0.1, 0.15) is 12.2 Å². The molecule has 1 aliphatic carbocycles. The smallest absolute Gasteiger partial charge is 0.407 e. The molecule has 2 rings (SSSR count). The van der Waals surface area contributed by atoms with Crippen LogP contribution in [0.3, 0.4) is 0 Å². The van der Waals surface area contributed by atoms with Crippen LogP contribution in [0.2, 0.25) is 0 Å². The Kier molecular flexibility index (Phi) is 12.5. The molecule has 1 saturated heterocycles. The van der Waals surface area contributed by atoms with Crippen LogP contribution >= 0.6 is 0 Å². The van der Waals surface area contributed by atoms with Crippen LogP contribution in [0.5, 0.6) is 0 Å². The van der Waals surface area contributed by atoms with Gasteiger partial charge in [-0.25, -0.2) is 9.68 Å². The van der Waals surface area contributed by atoms with Crippen LogP contribution in [0, 0.1) is 11.3 Å². The third-order valence-corrected chi connectivity index (χ3v) is 6.80. The number of alkyl carbamates (subject to hydrolysis) is 1. The van der Waals surface area contributed by atoms with Crippen LogP contribution in [-0.4, -0.2) is 119 Å². The second kappa shape index (κ2) is 14.5. The van der Waals surface area contributed by atoms with E-state index in [0.717, 1.165) is 52.2 Å². The maximum Gasteiger partial charge on any atom is 0.407 e. The quantitative estimate of drug-likeness (QED) is 0.163. The van der Waals surface area contributed by atoms with E-state index >= 15 is 0 Å². The molecule has 10 heteroatoms. The SMILES string of the molecule is CNCCOCCOC(=O)NC1CC(C)(C)CC(CNCC(C)CN2CCN(C)CC2)(OO)C1. The molecule has 34 heavy (non-hydrogen) atoms. The summed E-state index contributed by atoms with van der Waals surface area (Å²) in [5, 5.41) is 19.4. The second-order valence-electron chi connectivity index (χ2n) is 11.1. The number of nitrogens with one attached hydrogen (secondary N) is 3. The summed E-state index contributed by atoms with van der Waals surface area (Å²) in [6.45, 7) is 15.4. The Bertz CT molecular complexity index is 588. The largest absolute Gasteiger partial charge is 0.447 e. The topological polar surface area (TPSA) is 108 Å². The number of likely N-dealkylation sites (N-methyl/N-ethyl adjacent to an activating group) is 2. The van der Waals surface area contributed by atoms with Gasteiger partial charge in [0.15, 0.2) is 0 Å². The number of nitrogens with zero attached hydrogens (tertiary/aromatic N) is 2. The zero-order valence-corrected chi connectivity index (χ0v) is 22.0. The molecule has 0 bridgehead atoms. The van der Waals surface area contributed by atoms with Crippen molar-refractivity contribution >= 4 is 6.09 Å². The highest BCUT2D eigenvalue weighted by Gasteiger charge is 2.46. The van der Waals surface area contributed by atoms with Gasteiger partial charge < -0.3 is 35.2 Å². The molecule has 2 fully saturated rings. The van der Waals surface area contributed by atoms with E-state index in [-0.39, 0.29) is 18.1 Å². The molecular weight excluding hydrogens is 438 g/mol. The van der Waals surface area contributed by atoms with Crippen molar-refractivity contribution in [3.63, 3.8) is 0 Å². The Balaban J connectivity index is 1.77. The lowest BCUT2D eigenvalue weighted by Gasteiger charge is -2.46. The number of hydrogen-bond acceptors (Lipinski definition) is 9. The molecule has 0 aromatic rings. The maximum atomic E-state index is 12.3. The van der Waals surface area contributed by atoms with Crippen LogP contribution in [0.15, 0.2) is 0 Å². The zero-order valence-electron chi connectivity index (χ0n) is 22.0. The lowest BCUT2D eigenvalue weighted by atomic mass is 9.67. The maximum absolute atomic E-state index is 12.3. The zero-order chi connectivity index (χ0) is 25.0. The molecular formula is C24H49N5O5. The molecule has 1 saturated carbocycles. The minimum absolute atomic E-state index is 0.0949. The molecule has 4 N–H and O–H groups in total. The lowest BCUT2D eigenvalue weighted by Crippen LogP contribution is -2.56. The number of ether oxygens (including phenoxy) is 2. The van der Waals surface area contributed by atoms with Gasteiger partial charge in [-0.1, -0.05) is 20.8 Å². The lowest BCUT2D eigenvalue weighted by molar-refractivity contribution is -0.336. The number of hydrogen-bond donors (Lipinski definition) is 4. The molecule has 200 valence electrons. The van der Waals surface area contributed by atoms with Gasteiger partial charge in [-0.2, -0.15) is 0 Å². The summed E-state index contributed by atoms with van der Waals surface area (Å²) in [6.07, 6.45) is 1.58. The van der Waals surface area contributed by atoms with E-state index in [1.165, 1.54) is 0 Å². The van der Waals surface area contributed by atoms with Crippen molar-refractivity contribution in [3.8, 4) is 0 Å². The minimum atomic E-state index is -0.747. The first-order valence-corrected chi connectivity index (χ1v) is 12.8. The summed E-state index contributed by atoms with van der Waals surface area (Å²) in [7, 11) is 4.03. The summed E-state index contributed by atoms with van der Waals surface area (Å²) < 4.78 is 10.6. The van der Waals surface area contributed by atoms with Crippen LogP contribution in [0.25, 0.3) is 0 Å². The van der Waals surface area contributed by atoms with E-state index in [0.29, 0.717) is 38.5 Å². The van der Waals surface area contributed by atoms with Crippen molar-refractivity contribution < 1.29 is 24.4 Å². The molecule has 0 spiro atoms.